The summed E-state index contributed by atoms with van der Waals surface area (Å²) >= 11 is 0. The lowest BCUT2D eigenvalue weighted by Crippen LogP contribution is -2.66. The first-order valence-electron chi connectivity index (χ1n) is 20.2. The van der Waals surface area contributed by atoms with E-state index in [0.717, 1.165) is 41.5 Å². The minimum absolute atomic E-state index is 0.0580. The van der Waals surface area contributed by atoms with E-state index in [4.69, 9.17) is 34.7 Å². The van der Waals surface area contributed by atoms with Gasteiger partial charge in [0.1, 0.15) is 24.6 Å². The average molecular weight is 765 g/mol. The number of allylic oxidation sites excluding steroid dienone is 1. The molecule has 0 N–H and O–H groups in total. The second-order valence-corrected chi connectivity index (χ2v) is 23.5. The summed E-state index contributed by atoms with van der Waals surface area (Å²) < 4.78 is 39.8. The van der Waals surface area contributed by atoms with Crippen LogP contribution >= 0.6 is 0 Å². The molecule has 2 aromatic carbocycles. The van der Waals surface area contributed by atoms with Gasteiger partial charge in [-0.05, 0) is 79.3 Å². The zero-order valence-electron chi connectivity index (χ0n) is 33.5. The standard InChI is InChI=1S/C46H56O8Si/c1-28-44(33-21-31(33)26-50-24-29-15-11-9-12-16-29)23-35(52-27-51-25-30-17-13-10-14-18-30)46(28)36-32(19-20-43(44,46)4)40(54-55(6,7)8)45-22-34(47)41(53-45)42(2,3)39(45)38(49-5)37(36)48/h9-18,31,33,35,40-41H,1,19-27H2,2-8H3/t31-,33+,35-,40-,41-,43-,44+,45+,46+/m0/s1. The number of carbonyl (C=O) groups is 2. The third kappa shape index (κ3) is 4.99. The van der Waals surface area contributed by atoms with E-state index in [1.807, 2.05) is 62.4 Å². The van der Waals surface area contributed by atoms with Gasteiger partial charge in [0.2, 0.25) is 5.78 Å². The Bertz CT molecular complexity index is 2000. The molecule has 6 fully saturated rings. The molecule has 10 rings (SSSR count). The van der Waals surface area contributed by atoms with Crippen molar-refractivity contribution < 1.29 is 37.7 Å². The fourth-order valence-electron chi connectivity index (χ4n) is 12.8. The van der Waals surface area contributed by atoms with Crippen molar-refractivity contribution in [2.75, 3.05) is 20.5 Å². The smallest absolute Gasteiger partial charge is 0.224 e. The Morgan fingerprint density at radius 3 is 2.22 bits per heavy atom. The first-order valence-corrected chi connectivity index (χ1v) is 23.6. The molecule has 0 amide bonds. The summed E-state index contributed by atoms with van der Waals surface area (Å²) in [7, 11) is -0.699. The van der Waals surface area contributed by atoms with Crippen LogP contribution in [0.2, 0.25) is 19.6 Å². The monoisotopic (exact) mass is 764 g/mol. The molecule has 8 aliphatic rings. The molecule has 8 nitrogen and oxygen atoms in total. The van der Waals surface area contributed by atoms with Gasteiger partial charge in [0.25, 0.3) is 0 Å². The van der Waals surface area contributed by atoms with Gasteiger partial charge in [-0.1, -0.05) is 93.6 Å². The average Bonchev–Trinajstić information content (AvgIpc) is 3.59. The van der Waals surface area contributed by atoms with E-state index in [0.29, 0.717) is 49.4 Å². The Kier molecular flexibility index (Phi) is 8.61. The van der Waals surface area contributed by atoms with E-state index in [1.54, 1.807) is 7.11 Å². The predicted molar refractivity (Wildman–Crippen MR) is 210 cm³/mol. The highest BCUT2D eigenvalue weighted by atomic mass is 28.4. The van der Waals surface area contributed by atoms with Crippen LogP contribution < -0.4 is 0 Å². The molecule has 2 aliphatic heterocycles. The molecule has 6 aliphatic carbocycles. The van der Waals surface area contributed by atoms with Gasteiger partial charge < -0.3 is 28.1 Å². The van der Waals surface area contributed by atoms with Crippen molar-refractivity contribution in [1.29, 1.82) is 0 Å². The van der Waals surface area contributed by atoms with Crippen LogP contribution in [-0.2, 0) is 50.9 Å². The zero-order chi connectivity index (χ0) is 38.8. The third-order valence-corrected chi connectivity index (χ3v) is 15.7. The second kappa shape index (κ2) is 12.7. The zero-order valence-corrected chi connectivity index (χ0v) is 34.5. The van der Waals surface area contributed by atoms with Crippen LogP contribution in [0.5, 0.6) is 0 Å². The number of rotatable bonds is 13. The van der Waals surface area contributed by atoms with E-state index >= 15 is 4.79 Å². The summed E-state index contributed by atoms with van der Waals surface area (Å²) in [6, 6.07) is 20.4. The molecule has 9 heteroatoms. The number of carbonyl (C=O) groups excluding carboxylic acids is 2. The number of hydrogen-bond acceptors (Lipinski definition) is 8. The Hall–Kier alpha value is -3.18. The molecule has 4 bridgehead atoms. The van der Waals surface area contributed by atoms with Crippen LogP contribution in [0, 0.1) is 33.5 Å². The second-order valence-electron chi connectivity index (χ2n) is 19.0. The molecule has 0 aromatic heterocycles. The van der Waals surface area contributed by atoms with Crippen LogP contribution in [0.15, 0.2) is 95.3 Å². The SMILES string of the molecule is C=C1[C@@]23C4=C(CC[C@@]2(C)[C@]1([C@@H]1C[C@H]1COCc1ccccc1)C[C@@H]3OCOCc1ccccc1)[C@H](O[Si](C)(C)C)[C@]12CC(=O)[C@H](O1)C(C)(C)C2=C(OC)C4=O. The van der Waals surface area contributed by atoms with Crippen LogP contribution in [0.3, 0.4) is 0 Å². The maximum atomic E-state index is 15.7. The fraction of sp³-hybridized carbons (Fsp3) is 0.565. The summed E-state index contributed by atoms with van der Waals surface area (Å²) in [6.07, 6.45) is 1.88. The van der Waals surface area contributed by atoms with E-state index in [1.165, 1.54) is 5.56 Å². The molecular formula is C46H56O8Si. The summed E-state index contributed by atoms with van der Waals surface area (Å²) in [5.41, 5.74) is 2.55. The lowest BCUT2D eigenvalue weighted by atomic mass is 9.33. The molecule has 2 heterocycles. The van der Waals surface area contributed by atoms with Gasteiger partial charge in [0, 0.05) is 28.4 Å². The highest BCUT2D eigenvalue weighted by molar-refractivity contribution is 6.69. The quantitative estimate of drug-likeness (QED) is 0.0872. The summed E-state index contributed by atoms with van der Waals surface area (Å²) in [5.74, 6) is 0.992. The number of ether oxygens (including phenoxy) is 5. The minimum Gasteiger partial charge on any atom is -0.493 e. The molecule has 0 radical (unpaired) electrons. The van der Waals surface area contributed by atoms with Crippen molar-refractivity contribution in [3.8, 4) is 0 Å². The van der Waals surface area contributed by atoms with Gasteiger partial charge in [0.05, 0.1) is 38.4 Å². The van der Waals surface area contributed by atoms with Crippen molar-refractivity contribution in [2.24, 2.45) is 33.5 Å². The Morgan fingerprint density at radius 2 is 1.58 bits per heavy atom. The molecule has 4 saturated carbocycles. The van der Waals surface area contributed by atoms with Gasteiger partial charge in [-0.3, -0.25) is 9.59 Å². The molecule has 9 atom stereocenters. The van der Waals surface area contributed by atoms with Gasteiger partial charge >= 0.3 is 0 Å². The van der Waals surface area contributed by atoms with E-state index in [9.17, 15) is 4.79 Å². The minimum atomic E-state index is -2.28. The maximum absolute atomic E-state index is 15.7. The van der Waals surface area contributed by atoms with Crippen molar-refractivity contribution in [2.45, 2.75) is 110 Å². The van der Waals surface area contributed by atoms with Gasteiger partial charge in [-0.25, -0.2) is 0 Å². The Balaban J connectivity index is 1.13. The Morgan fingerprint density at radius 1 is 0.927 bits per heavy atom. The van der Waals surface area contributed by atoms with E-state index < -0.39 is 37.0 Å². The van der Waals surface area contributed by atoms with E-state index in [-0.39, 0.29) is 41.7 Å². The summed E-state index contributed by atoms with van der Waals surface area (Å²) in [6.45, 7) is 19.7. The number of Topliss-reactive ketones (excluding diaryl/α,β-unsaturated/α-hetero) is 2. The van der Waals surface area contributed by atoms with Crippen LogP contribution in [0.4, 0.5) is 0 Å². The first kappa shape index (κ1) is 37.4. The fourth-order valence-corrected chi connectivity index (χ4v) is 13.9. The molecule has 2 spiro atoms. The van der Waals surface area contributed by atoms with Crippen molar-refractivity contribution in [3.05, 3.63) is 106 Å². The van der Waals surface area contributed by atoms with Crippen LogP contribution in [-0.4, -0.2) is 64.3 Å². The maximum Gasteiger partial charge on any atom is 0.224 e. The number of ketones is 2. The van der Waals surface area contributed by atoms with Gasteiger partial charge in [-0.15, -0.1) is 0 Å². The van der Waals surface area contributed by atoms with Crippen LogP contribution in [0.25, 0.3) is 0 Å². The van der Waals surface area contributed by atoms with Crippen molar-refractivity contribution in [3.63, 3.8) is 0 Å². The molecule has 2 aromatic rings. The predicted octanol–water partition coefficient (Wildman–Crippen LogP) is 8.28. The summed E-state index contributed by atoms with van der Waals surface area (Å²) in [5, 5.41) is 0. The van der Waals surface area contributed by atoms with Gasteiger partial charge in [-0.2, -0.15) is 0 Å². The number of methoxy groups -OCH3 is 1. The van der Waals surface area contributed by atoms with Crippen molar-refractivity contribution in [1.82, 2.24) is 0 Å². The normalized spacial score (nSPS) is 38.1. The van der Waals surface area contributed by atoms with E-state index in [2.05, 4.69) is 38.7 Å². The highest BCUT2D eigenvalue weighted by Gasteiger charge is 2.88. The number of hydrogen-bond donors (Lipinski definition) is 0. The highest BCUT2D eigenvalue weighted by Crippen LogP contribution is 2.91. The molecule has 292 valence electrons. The van der Waals surface area contributed by atoms with Crippen LogP contribution in [0.1, 0.15) is 64.0 Å². The lowest BCUT2D eigenvalue weighted by molar-refractivity contribution is -0.154. The Labute approximate surface area is 326 Å². The topological polar surface area (TPSA) is 89.5 Å². The molecule has 2 saturated heterocycles. The first-order chi connectivity index (χ1) is 26.2. The number of benzene rings is 2. The molecular weight excluding hydrogens is 709 g/mol. The largest absolute Gasteiger partial charge is 0.493 e. The number of fused-ring (bicyclic) bond motifs is 2. The summed E-state index contributed by atoms with van der Waals surface area (Å²) in [4.78, 5) is 29.4. The van der Waals surface area contributed by atoms with Gasteiger partial charge in [0.15, 0.2) is 19.9 Å². The van der Waals surface area contributed by atoms with Crippen molar-refractivity contribution >= 4 is 19.9 Å². The molecule has 0 unspecified atom stereocenters. The lowest BCUT2D eigenvalue weighted by Gasteiger charge is -2.69. The molecule has 55 heavy (non-hydrogen) atoms. The third-order valence-electron chi connectivity index (χ3n) is 14.8.